The van der Waals surface area contributed by atoms with Crippen molar-refractivity contribution in [2.45, 2.75) is 32.3 Å². The molecule has 0 amide bonds. The molecule has 0 radical (unpaired) electrons. The molecule has 2 rings (SSSR count). The molecule has 0 aromatic heterocycles. The molecule has 3 heteroatoms. The lowest BCUT2D eigenvalue weighted by Gasteiger charge is -2.28. The van der Waals surface area contributed by atoms with E-state index in [0.29, 0.717) is 19.1 Å². The van der Waals surface area contributed by atoms with E-state index in [1.54, 1.807) is 0 Å². The number of hydrogen-bond acceptors (Lipinski definition) is 3. The SMILES string of the molecule is NCC1CCCCC1C(=O)OCc1ccccc1. The van der Waals surface area contributed by atoms with Crippen LogP contribution < -0.4 is 5.73 Å². The Hall–Kier alpha value is -1.35. The fourth-order valence-corrected chi connectivity index (χ4v) is 2.64. The Bertz CT molecular complexity index is 377. The van der Waals surface area contributed by atoms with Gasteiger partial charge in [0.15, 0.2) is 0 Å². The van der Waals surface area contributed by atoms with E-state index in [1.807, 2.05) is 30.3 Å². The minimum absolute atomic E-state index is 0.00691. The van der Waals surface area contributed by atoms with E-state index in [-0.39, 0.29) is 11.9 Å². The summed E-state index contributed by atoms with van der Waals surface area (Å²) in [5.41, 5.74) is 6.76. The van der Waals surface area contributed by atoms with Crippen molar-refractivity contribution in [3.63, 3.8) is 0 Å². The molecule has 0 heterocycles. The van der Waals surface area contributed by atoms with Gasteiger partial charge in [0.2, 0.25) is 0 Å². The van der Waals surface area contributed by atoms with E-state index in [2.05, 4.69) is 0 Å². The lowest BCUT2D eigenvalue weighted by Crippen LogP contribution is -2.33. The highest BCUT2D eigenvalue weighted by Crippen LogP contribution is 2.30. The van der Waals surface area contributed by atoms with Crippen molar-refractivity contribution in [3.8, 4) is 0 Å². The highest BCUT2D eigenvalue weighted by molar-refractivity contribution is 5.73. The Morgan fingerprint density at radius 2 is 1.94 bits per heavy atom. The predicted molar refractivity (Wildman–Crippen MR) is 70.7 cm³/mol. The van der Waals surface area contributed by atoms with Gasteiger partial charge in [0.1, 0.15) is 6.61 Å². The molecular formula is C15H21NO2. The smallest absolute Gasteiger partial charge is 0.309 e. The molecule has 0 bridgehead atoms. The number of rotatable bonds is 4. The summed E-state index contributed by atoms with van der Waals surface area (Å²) in [6.45, 7) is 0.957. The molecule has 1 fully saturated rings. The maximum Gasteiger partial charge on any atom is 0.309 e. The molecule has 0 aliphatic heterocycles. The van der Waals surface area contributed by atoms with Gasteiger partial charge in [-0.25, -0.2) is 0 Å². The summed E-state index contributed by atoms with van der Waals surface area (Å²) >= 11 is 0. The fraction of sp³-hybridized carbons (Fsp3) is 0.533. The average Bonchev–Trinajstić information content (AvgIpc) is 2.45. The Morgan fingerprint density at radius 1 is 1.22 bits per heavy atom. The molecule has 0 spiro atoms. The summed E-state index contributed by atoms with van der Waals surface area (Å²) in [7, 11) is 0. The normalized spacial score (nSPS) is 23.6. The lowest BCUT2D eigenvalue weighted by molar-refractivity contribution is -0.153. The van der Waals surface area contributed by atoms with E-state index < -0.39 is 0 Å². The molecule has 1 aromatic rings. The molecule has 2 N–H and O–H groups in total. The molecular weight excluding hydrogens is 226 g/mol. The van der Waals surface area contributed by atoms with Gasteiger partial charge in [-0.1, -0.05) is 43.2 Å². The van der Waals surface area contributed by atoms with Crippen molar-refractivity contribution in [2.75, 3.05) is 6.54 Å². The molecule has 98 valence electrons. The van der Waals surface area contributed by atoms with Crippen molar-refractivity contribution >= 4 is 5.97 Å². The second-order valence-electron chi connectivity index (χ2n) is 4.98. The van der Waals surface area contributed by atoms with E-state index in [0.717, 1.165) is 24.8 Å². The van der Waals surface area contributed by atoms with E-state index in [4.69, 9.17) is 10.5 Å². The minimum Gasteiger partial charge on any atom is -0.461 e. The van der Waals surface area contributed by atoms with E-state index in [9.17, 15) is 4.79 Å². The maximum atomic E-state index is 12.1. The largest absolute Gasteiger partial charge is 0.461 e. The van der Waals surface area contributed by atoms with E-state index in [1.165, 1.54) is 6.42 Å². The Morgan fingerprint density at radius 3 is 2.67 bits per heavy atom. The third-order valence-electron chi connectivity index (χ3n) is 3.74. The molecule has 3 nitrogen and oxygen atoms in total. The van der Waals surface area contributed by atoms with Crippen LogP contribution in [0.2, 0.25) is 0 Å². The first-order chi connectivity index (χ1) is 8.81. The zero-order chi connectivity index (χ0) is 12.8. The number of carbonyl (C=O) groups excluding carboxylic acids is 1. The monoisotopic (exact) mass is 247 g/mol. The first kappa shape index (κ1) is 13.1. The van der Waals surface area contributed by atoms with Gasteiger partial charge in [0.25, 0.3) is 0 Å². The summed E-state index contributed by atoms with van der Waals surface area (Å²) < 4.78 is 5.41. The number of benzene rings is 1. The topological polar surface area (TPSA) is 52.3 Å². The molecule has 2 unspecified atom stereocenters. The van der Waals surface area contributed by atoms with Gasteiger partial charge >= 0.3 is 5.97 Å². The van der Waals surface area contributed by atoms with Crippen molar-refractivity contribution < 1.29 is 9.53 Å². The van der Waals surface area contributed by atoms with E-state index >= 15 is 0 Å². The van der Waals surface area contributed by atoms with Crippen LogP contribution in [-0.4, -0.2) is 12.5 Å². The zero-order valence-corrected chi connectivity index (χ0v) is 10.7. The van der Waals surface area contributed by atoms with Crippen LogP contribution in [0.3, 0.4) is 0 Å². The van der Waals surface area contributed by atoms with Gasteiger partial charge < -0.3 is 10.5 Å². The van der Waals surface area contributed by atoms with Crippen LogP contribution >= 0.6 is 0 Å². The summed E-state index contributed by atoms with van der Waals surface area (Å²) in [5.74, 6) is 0.239. The number of hydrogen-bond donors (Lipinski definition) is 1. The minimum atomic E-state index is -0.0750. The van der Waals surface area contributed by atoms with Gasteiger partial charge in [0.05, 0.1) is 5.92 Å². The molecule has 0 saturated heterocycles. The number of ether oxygens (including phenoxy) is 1. The Labute approximate surface area is 108 Å². The summed E-state index contributed by atoms with van der Waals surface area (Å²) in [6, 6.07) is 9.79. The maximum absolute atomic E-state index is 12.1. The van der Waals surface area contributed by atoms with Crippen molar-refractivity contribution in [3.05, 3.63) is 35.9 Å². The molecule has 1 aliphatic rings. The zero-order valence-electron chi connectivity index (χ0n) is 10.7. The number of nitrogens with two attached hydrogens (primary N) is 1. The van der Waals surface area contributed by atoms with Crippen molar-refractivity contribution in [1.82, 2.24) is 0 Å². The molecule has 18 heavy (non-hydrogen) atoms. The Balaban J connectivity index is 1.87. The Kier molecular flexibility index (Phi) is 4.76. The summed E-state index contributed by atoms with van der Waals surface area (Å²) in [5, 5.41) is 0. The first-order valence-electron chi connectivity index (χ1n) is 6.72. The standard InChI is InChI=1S/C15H21NO2/c16-10-13-8-4-5-9-14(13)15(17)18-11-12-6-2-1-3-7-12/h1-3,6-7,13-14H,4-5,8-11,16H2. The van der Waals surface area contributed by atoms with Crippen LogP contribution in [0.1, 0.15) is 31.2 Å². The molecule has 1 aromatic carbocycles. The quantitative estimate of drug-likeness (QED) is 0.832. The van der Waals surface area contributed by atoms with Gasteiger partial charge in [-0.2, -0.15) is 0 Å². The summed E-state index contributed by atoms with van der Waals surface area (Å²) in [6.07, 6.45) is 4.28. The van der Waals surface area contributed by atoms with Crippen LogP contribution in [0.15, 0.2) is 30.3 Å². The molecule has 1 saturated carbocycles. The molecule has 2 atom stereocenters. The van der Waals surface area contributed by atoms with Crippen molar-refractivity contribution in [1.29, 1.82) is 0 Å². The third kappa shape index (κ3) is 3.33. The molecule has 1 aliphatic carbocycles. The van der Waals surface area contributed by atoms with Crippen LogP contribution in [0.5, 0.6) is 0 Å². The van der Waals surface area contributed by atoms with Crippen LogP contribution in [0, 0.1) is 11.8 Å². The number of esters is 1. The van der Waals surface area contributed by atoms with Crippen LogP contribution in [0.25, 0.3) is 0 Å². The second-order valence-corrected chi connectivity index (χ2v) is 4.98. The number of carbonyl (C=O) groups is 1. The van der Waals surface area contributed by atoms with Crippen LogP contribution in [0.4, 0.5) is 0 Å². The third-order valence-corrected chi connectivity index (χ3v) is 3.74. The predicted octanol–water partition coefficient (Wildman–Crippen LogP) is 2.49. The lowest BCUT2D eigenvalue weighted by atomic mass is 9.79. The first-order valence-corrected chi connectivity index (χ1v) is 6.72. The highest BCUT2D eigenvalue weighted by Gasteiger charge is 2.30. The van der Waals surface area contributed by atoms with Gasteiger partial charge in [0, 0.05) is 0 Å². The second kappa shape index (κ2) is 6.55. The average molecular weight is 247 g/mol. The highest BCUT2D eigenvalue weighted by atomic mass is 16.5. The van der Waals surface area contributed by atoms with Gasteiger partial charge in [-0.3, -0.25) is 4.79 Å². The summed E-state index contributed by atoms with van der Waals surface area (Å²) in [4.78, 5) is 12.1. The fourth-order valence-electron chi connectivity index (χ4n) is 2.64. The van der Waals surface area contributed by atoms with Crippen LogP contribution in [-0.2, 0) is 16.1 Å². The van der Waals surface area contributed by atoms with Gasteiger partial charge in [-0.05, 0) is 30.9 Å². The van der Waals surface area contributed by atoms with Gasteiger partial charge in [-0.15, -0.1) is 0 Å². The van der Waals surface area contributed by atoms with Crippen molar-refractivity contribution in [2.24, 2.45) is 17.6 Å².